The van der Waals surface area contributed by atoms with Gasteiger partial charge in [-0.15, -0.1) is 0 Å². The van der Waals surface area contributed by atoms with Gasteiger partial charge >= 0.3 is 0 Å². The van der Waals surface area contributed by atoms with Crippen molar-refractivity contribution < 1.29 is 4.79 Å². The molecule has 128 valence electrons. The van der Waals surface area contributed by atoms with Gasteiger partial charge in [-0.05, 0) is 48.5 Å². The second-order valence-corrected chi connectivity index (χ2v) is 6.12. The first-order valence-electron chi connectivity index (χ1n) is 8.06. The summed E-state index contributed by atoms with van der Waals surface area (Å²) in [6.07, 6.45) is 5.47. The Kier molecular flexibility index (Phi) is 4.29. The Bertz CT molecular complexity index is 1020. The molecule has 0 radical (unpaired) electrons. The normalized spacial score (nSPS) is 10.7. The fourth-order valence-electron chi connectivity index (χ4n) is 2.71. The zero-order valence-electron chi connectivity index (χ0n) is 13.7. The molecule has 1 amide bonds. The molecule has 2 heterocycles. The van der Waals surface area contributed by atoms with Crippen molar-refractivity contribution in [2.45, 2.75) is 0 Å². The zero-order valence-corrected chi connectivity index (χ0v) is 14.5. The maximum atomic E-state index is 12.6. The molecule has 5 nitrogen and oxygen atoms in total. The van der Waals surface area contributed by atoms with Crippen LogP contribution in [0.4, 0.5) is 5.69 Å². The van der Waals surface area contributed by atoms with Gasteiger partial charge in [0.1, 0.15) is 5.69 Å². The average molecular weight is 363 g/mol. The van der Waals surface area contributed by atoms with Crippen molar-refractivity contribution in [2.24, 2.45) is 0 Å². The van der Waals surface area contributed by atoms with Crippen LogP contribution >= 0.6 is 11.6 Å². The van der Waals surface area contributed by atoms with E-state index in [0.29, 0.717) is 16.3 Å². The van der Waals surface area contributed by atoms with Crippen LogP contribution in [0.2, 0.25) is 5.02 Å². The van der Waals surface area contributed by atoms with Crippen LogP contribution in [0.1, 0.15) is 10.4 Å². The molecule has 0 atom stereocenters. The van der Waals surface area contributed by atoms with Crippen LogP contribution in [0, 0.1) is 0 Å². The number of carbonyl (C=O) groups excluding carboxylic acids is 1. The van der Waals surface area contributed by atoms with E-state index in [1.165, 1.54) is 0 Å². The highest BCUT2D eigenvalue weighted by atomic mass is 35.5. The number of hydrogen-bond acceptors (Lipinski definition) is 2. The maximum Gasteiger partial charge on any atom is 0.255 e. The maximum absolute atomic E-state index is 12.6. The fraction of sp³-hybridized carbons (Fsp3) is 0. The standard InChI is InChI=1S/C20H15ClN4O/c21-16-10-8-15(9-11-16)19(26)23-18-14-22-25(17-6-2-1-3-7-17)20(18)24-12-4-5-13-24/h1-14H,(H,23,26). The van der Waals surface area contributed by atoms with E-state index in [1.807, 2.05) is 59.4 Å². The van der Waals surface area contributed by atoms with Crippen molar-refractivity contribution in [1.29, 1.82) is 0 Å². The van der Waals surface area contributed by atoms with E-state index in [4.69, 9.17) is 11.6 Å². The minimum Gasteiger partial charge on any atom is -0.317 e. The first-order valence-corrected chi connectivity index (χ1v) is 8.44. The third-order valence-corrected chi connectivity index (χ3v) is 4.20. The zero-order chi connectivity index (χ0) is 17.9. The summed E-state index contributed by atoms with van der Waals surface area (Å²) in [7, 11) is 0. The lowest BCUT2D eigenvalue weighted by Crippen LogP contribution is -2.14. The molecule has 0 bridgehead atoms. The molecule has 0 fully saturated rings. The van der Waals surface area contributed by atoms with Gasteiger partial charge in [0.25, 0.3) is 5.91 Å². The molecule has 0 aliphatic rings. The minimum atomic E-state index is -0.220. The SMILES string of the molecule is O=C(Nc1cnn(-c2ccccc2)c1-n1cccc1)c1ccc(Cl)cc1. The topological polar surface area (TPSA) is 51.9 Å². The van der Waals surface area contributed by atoms with Gasteiger partial charge in [0.05, 0.1) is 11.9 Å². The van der Waals surface area contributed by atoms with E-state index in [-0.39, 0.29) is 5.91 Å². The summed E-state index contributed by atoms with van der Waals surface area (Å²) < 4.78 is 3.70. The van der Waals surface area contributed by atoms with E-state index in [0.717, 1.165) is 11.5 Å². The predicted molar refractivity (Wildman–Crippen MR) is 102 cm³/mol. The summed E-state index contributed by atoms with van der Waals surface area (Å²) in [5, 5.41) is 7.99. The third-order valence-electron chi connectivity index (χ3n) is 3.95. The van der Waals surface area contributed by atoms with Crippen molar-refractivity contribution in [1.82, 2.24) is 14.3 Å². The molecule has 2 aromatic heterocycles. The van der Waals surface area contributed by atoms with Crippen molar-refractivity contribution >= 4 is 23.2 Å². The second kappa shape index (κ2) is 6.90. The first kappa shape index (κ1) is 16.2. The number of anilines is 1. The van der Waals surface area contributed by atoms with Crippen LogP contribution in [0.3, 0.4) is 0 Å². The van der Waals surface area contributed by atoms with E-state index >= 15 is 0 Å². The molecule has 6 heteroatoms. The number of amides is 1. The number of nitrogens with one attached hydrogen (secondary N) is 1. The number of aromatic nitrogens is 3. The molecular formula is C20H15ClN4O. The molecule has 4 aromatic rings. The summed E-state index contributed by atoms with van der Waals surface area (Å²) in [6, 6.07) is 20.4. The van der Waals surface area contributed by atoms with Crippen LogP contribution in [-0.2, 0) is 0 Å². The van der Waals surface area contributed by atoms with E-state index in [9.17, 15) is 4.79 Å². The smallest absolute Gasteiger partial charge is 0.255 e. The molecule has 4 rings (SSSR count). The Balaban J connectivity index is 1.74. The Hall–Kier alpha value is -3.31. The monoisotopic (exact) mass is 362 g/mol. The minimum absolute atomic E-state index is 0.220. The third kappa shape index (κ3) is 3.12. The lowest BCUT2D eigenvalue weighted by molar-refractivity contribution is 0.102. The Morgan fingerprint density at radius 1 is 0.923 bits per heavy atom. The molecule has 0 saturated carbocycles. The summed E-state index contributed by atoms with van der Waals surface area (Å²) in [5.74, 6) is 0.534. The quantitative estimate of drug-likeness (QED) is 0.578. The first-order chi connectivity index (χ1) is 12.7. The van der Waals surface area contributed by atoms with Gasteiger partial charge in [-0.25, -0.2) is 4.68 Å². The second-order valence-electron chi connectivity index (χ2n) is 5.68. The number of hydrogen-bond donors (Lipinski definition) is 1. The Morgan fingerprint density at radius 3 is 2.31 bits per heavy atom. The molecule has 0 unspecified atom stereocenters. The number of nitrogens with zero attached hydrogens (tertiary/aromatic N) is 3. The van der Waals surface area contributed by atoms with Crippen molar-refractivity contribution in [3.05, 3.63) is 95.9 Å². The predicted octanol–water partition coefficient (Wildman–Crippen LogP) is 4.57. The number of rotatable bonds is 4. The van der Waals surface area contributed by atoms with Crippen LogP contribution in [0.25, 0.3) is 11.5 Å². The summed E-state index contributed by atoms with van der Waals surface area (Å²) in [6.45, 7) is 0. The summed E-state index contributed by atoms with van der Waals surface area (Å²) >= 11 is 5.89. The molecule has 0 aliphatic heterocycles. The highest BCUT2D eigenvalue weighted by molar-refractivity contribution is 6.30. The molecule has 0 saturated heterocycles. The van der Waals surface area contributed by atoms with Gasteiger partial charge in [-0.3, -0.25) is 4.79 Å². The molecule has 0 spiro atoms. The summed E-state index contributed by atoms with van der Waals surface area (Å²) in [4.78, 5) is 12.6. The summed E-state index contributed by atoms with van der Waals surface area (Å²) in [5.41, 5.74) is 2.05. The van der Waals surface area contributed by atoms with E-state index in [2.05, 4.69) is 10.4 Å². The molecule has 2 aromatic carbocycles. The van der Waals surface area contributed by atoms with E-state index < -0.39 is 0 Å². The largest absolute Gasteiger partial charge is 0.317 e. The molecular weight excluding hydrogens is 348 g/mol. The van der Waals surface area contributed by atoms with E-state index in [1.54, 1.807) is 35.1 Å². The Morgan fingerprint density at radius 2 is 1.62 bits per heavy atom. The van der Waals surface area contributed by atoms with Crippen molar-refractivity contribution in [2.75, 3.05) is 5.32 Å². The molecule has 1 N–H and O–H groups in total. The highest BCUT2D eigenvalue weighted by Gasteiger charge is 2.16. The van der Waals surface area contributed by atoms with Crippen LogP contribution < -0.4 is 5.32 Å². The average Bonchev–Trinajstić information content (AvgIpc) is 3.32. The van der Waals surface area contributed by atoms with Gasteiger partial charge in [0.15, 0.2) is 5.82 Å². The Labute approximate surface area is 155 Å². The molecule has 0 aliphatic carbocycles. The number of carbonyl (C=O) groups is 1. The van der Waals surface area contributed by atoms with Gasteiger partial charge in [0, 0.05) is 23.0 Å². The molecule has 26 heavy (non-hydrogen) atoms. The lowest BCUT2D eigenvalue weighted by atomic mass is 10.2. The highest BCUT2D eigenvalue weighted by Crippen LogP contribution is 2.24. The van der Waals surface area contributed by atoms with Gasteiger partial charge in [0.2, 0.25) is 0 Å². The van der Waals surface area contributed by atoms with Crippen molar-refractivity contribution in [3.63, 3.8) is 0 Å². The number of benzene rings is 2. The lowest BCUT2D eigenvalue weighted by Gasteiger charge is -2.11. The fourth-order valence-corrected chi connectivity index (χ4v) is 2.83. The van der Waals surface area contributed by atoms with Crippen LogP contribution in [-0.4, -0.2) is 20.3 Å². The van der Waals surface area contributed by atoms with Gasteiger partial charge in [-0.2, -0.15) is 5.10 Å². The van der Waals surface area contributed by atoms with Crippen LogP contribution in [0.15, 0.2) is 85.3 Å². The number of para-hydroxylation sites is 1. The van der Waals surface area contributed by atoms with Crippen molar-refractivity contribution in [3.8, 4) is 11.5 Å². The van der Waals surface area contributed by atoms with Gasteiger partial charge < -0.3 is 9.88 Å². The van der Waals surface area contributed by atoms with Gasteiger partial charge in [-0.1, -0.05) is 29.8 Å². The number of halogens is 1. The van der Waals surface area contributed by atoms with Crippen LogP contribution in [0.5, 0.6) is 0 Å².